The van der Waals surface area contributed by atoms with E-state index in [9.17, 15) is 9.59 Å². The highest BCUT2D eigenvalue weighted by atomic mass is 35.5. The maximum Gasteiger partial charge on any atom is 0.247 e. The van der Waals surface area contributed by atoms with Crippen LogP contribution in [0.3, 0.4) is 0 Å². The van der Waals surface area contributed by atoms with Gasteiger partial charge in [-0.1, -0.05) is 23.4 Å². The summed E-state index contributed by atoms with van der Waals surface area (Å²) in [6.45, 7) is 5.25. The molecular formula is C15H18ClN3O2S. The van der Waals surface area contributed by atoms with E-state index < -0.39 is 5.25 Å². The molecule has 2 rings (SSSR count). The van der Waals surface area contributed by atoms with Crippen LogP contribution in [0, 0.1) is 0 Å². The second-order valence-electron chi connectivity index (χ2n) is 4.66. The molecule has 0 aromatic heterocycles. The van der Waals surface area contributed by atoms with Crippen molar-refractivity contribution >= 4 is 46.0 Å². The molecule has 1 unspecified atom stereocenters. The van der Waals surface area contributed by atoms with Gasteiger partial charge in [0.2, 0.25) is 11.8 Å². The average Bonchev–Trinajstić information content (AvgIpc) is 2.75. The fourth-order valence-electron chi connectivity index (χ4n) is 2.12. The molecule has 7 heteroatoms. The summed E-state index contributed by atoms with van der Waals surface area (Å²) >= 11 is 7.16. The number of aliphatic imine (C=N–C) groups is 1. The summed E-state index contributed by atoms with van der Waals surface area (Å²) in [5.74, 6) is -0.406. The van der Waals surface area contributed by atoms with E-state index >= 15 is 0 Å². The van der Waals surface area contributed by atoms with Gasteiger partial charge >= 0.3 is 0 Å². The summed E-state index contributed by atoms with van der Waals surface area (Å²) in [5.41, 5.74) is 0.555. The number of hydrogen-bond donors (Lipinski definition) is 1. The molecule has 22 heavy (non-hydrogen) atoms. The van der Waals surface area contributed by atoms with Crippen molar-refractivity contribution < 1.29 is 9.59 Å². The number of thioether (sulfide) groups is 1. The molecular weight excluding hydrogens is 322 g/mol. The number of imide groups is 1. The Balaban J connectivity index is 2.14. The van der Waals surface area contributed by atoms with Gasteiger partial charge in [-0.3, -0.25) is 14.6 Å². The minimum absolute atomic E-state index is 0.181. The third kappa shape index (κ3) is 3.81. The van der Waals surface area contributed by atoms with Gasteiger partial charge in [0.15, 0.2) is 5.17 Å². The zero-order valence-electron chi connectivity index (χ0n) is 12.5. The molecule has 2 amide bonds. The van der Waals surface area contributed by atoms with Crippen LogP contribution in [0.2, 0.25) is 5.02 Å². The quantitative estimate of drug-likeness (QED) is 0.520. The number of hydrogen-bond acceptors (Lipinski definition) is 4. The summed E-state index contributed by atoms with van der Waals surface area (Å²) in [4.78, 5) is 30.2. The summed E-state index contributed by atoms with van der Waals surface area (Å²) in [6, 6.07) is 6.69. The number of nitrogens with zero attached hydrogens (tertiary/aromatic N) is 2. The number of carbonyl (C=O) groups is 2. The smallest absolute Gasteiger partial charge is 0.247 e. The zero-order chi connectivity index (χ0) is 16.1. The average molecular weight is 340 g/mol. The molecule has 1 aliphatic heterocycles. The molecule has 1 aromatic rings. The fourth-order valence-corrected chi connectivity index (χ4v) is 3.38. The lowest BCUT2D eigenvalue weighted by molar-refractivity contribution is -0.121. The van der Waals surface area contributed by atoms with E-state index in [0.29, 0.717) is 22.4 Å². The predicted molar refractivity (Wildman–Crippen MR) is 91.6 cm³/mol. The first-order valence-corrected chi connectivity index (χ1v) is 8.39. The van der Waals surface area contributed by atoms with Gasteiger partial charge in [-0.2, -0.15) is 0 Å². The van der Waals surface area contributed by atoms with E-state index in [1.165, 1.54) is 16.7 Å². The van der Waals surface area contributed by atoms with Gasteiger partial charge in [-0.05, 0) is 38.1 Å². The van der Waals surface area contributed by atoms with Crippen molar-refractivity contribution in [3.63, 3.8) is 0 Å². The number of rotatable bonds is 4. The van der Waals surface area contributed by atoms with Crippen molar-refractivity contribution in [1.29, 1.82) is 0 Å². The third-order valence-electron chi connectivity index (χ3n) is 3.07. The van der Waals surface area contributed by atoms with Gasteiger partial charge in [0.05, 0.1) is 5.69 Å². The first-order valence-electron chi connectivity index (χ1n) is 7.14. The molecule has 1 fully saturated rings. The van der Waals surface area contributed by atoms with E-state index in [2.05, 4.69) is 10.3 Å². The van der Waals surface area contributed by atoms with Crippen LogP contribution < -0.4 is 10.2 Å². The highest BCUT2D eigenvalue weighted by Crippen LogP contribution is 2.30. The molecule has 0 bridgehead atoms. The maximum absolute atomic E-state index is 12.5. The molecule has 1 heterocycles. The van der Waals surface area contributed by atoms with Crippen LogP contribution in [-0.4, -0.2) is 35.3 Å². The maximum atomic E-state index is 12.5. The van der Waals surface area contributed by atoms with Crippen molar-refractivity contribution in [3.8, 4) is 0 Å². The van der Waals surface area contributed by atoms with Crippen molar-refractivity contribution in [1.82, 2.24) is 5.32 Å². The summed E-state index contributed by atoms with van der Waals surface area (Å²) in [5, 5.41) is 3.95. The van der Waals surface area contributed by atoms with Crippen LogP contribution in [0.15, 0.2) is 29.3 Å². The highest BCUT2D eigenvalue weighted by Gasteiger charge is 2.40. The Bertz CT molecular complexity index is 589. The van der Waals surface area contributed by atoms with Crippen LogP contribution in [0.5, 0.6) is 0 Å². The van der Waals surface area contributed by atoms with Gasteiger partial charge in [-0.25, -0.2) is 4.90 Å². The van der Waals surface area contributed by atoms with Crippen LogP contribution in [0.25, 0.3) is 0 Å². The van der Waals surface area contributed by atoms with E-state index in [4.69, 9.17) is 11.6 Å². The van der Waals surface area contributed by atoms with Crippen molar-refractivity contribution in [2.45, 2.75) is 25.5 Å². The van der Waals surface area contributed by atoms with Crippen LogP contribution in [-0.2, 0) is 9.59 Å². The van der Waals surface area contributed by atoms with Crippen molar-refractivity contribution in [2.24, 2.45) is 4.99 Å². The van der Waals surface area contributed by atoms with Crippen molar-refractivity contribution in [2.75, 3.05) is 18.0 Å². The van der Waals surface area contributed by atoms with Gasteiger partial charge < -0.3 is 5.32 Å². The van der Waals surface area contributed by atoms with Gasteiger partial charge in [0, 0.05) is 24.5 Å². The molecule has 1 aliphatic rings. The fraction of sp³-hybridized carbons (Fsp3) is 0.400. The zero-order valence-corrected chi connectivity index (χ0v) is 14.1. The Hall–Kier alpha value is -1.53. The summed E-state index contributed by atoms with van der Waals surface area (Å²) in [6.07, 6.45) is 0.181. The summed E-state index contributed by atoms with van der Waals surface area (Å²) < 4.78 is 0. The Labute approximate surface area is 139 Å². The molecule has 0 aliphatic carbocycles. The highest BCUT2D eigenvalue weighted by molar-refractivity contribution is 8.15. The topological polar surface area (TPSA) is 61.8 Å². The molecule has 0 spiro atoms. The number of benzene rings is 1. The molecule has 0 saturated carbocycles. The van der Waals surface area contributed by atoms with E-state index in [0.717, 1.165) is 6.54 Å². The predicted octanol–water partition coefficient (Wildman–Crippen LogP) is 2.69. The van der Waals surface area contributed by atoms with Crippen LogP contribution in [0.1, 0.15) is 20.3 Å². The Morgan fingerprint density at radius 2 is 2.05 bits per heavy atom. The third-order valence-corrected chi connectivity index (χ3v) is 4.48. The second-order valence-corrected chi connectivity index (χ2v) is 6.29. The second kappa shape index (κ2) is 7.65. The minimum atomic E-state index is -0.437. The van der Waals surface area contributed by atoms with Gasteiger partial charge in [0.25, 0.3) is 0 Å². The van der Waals surface area contributed by atoms with Crippen LogP contribution in [0.4, 0.5) is 5.69 Å². The Kier molecular flexibility index (Phi) is 5.85. The first-order chi connectivity index (χ1) is 10.6. The monoisotopic (exact) mass is 339 g/mol. The Morgan fingerprint density at radius 1 is 1.36 bits per heavy atom. The van der Waals surface area contributed by atoms with Gasteiger partial charge in [0.1, 0.15) is 5.25 Å². The first kappa shape index (κ1) is 16.8. The molecule has 5 nitrogen and oxygen atoms in total. The lowest BCUT2D eigenvalue weighted by atomic mass is 10.3. The van der Waals surface area contributed by atoms with E-state index in [-0.39, 0.29) is 18.2 Å². The number of carbonyl (C=O) groups excluding carboxylic acids is 2. The number of amidine groups is 1. The molecule has 118 valence electrons. The largest absolute Gasteiger partial charge is 0.365 e. The molecule has 1 aromatic carbocycles. The van der Waals surface area contributed by atoms with Gasteiger partial charge in [-0.15, -0.1) is 0 Å². The van der Waals surface area contributed by atoms with E-state index in [1.54, 1.807) is 24.3 Å². The number of anilines is 1. The SMILES string of the molecule is CCN=C(NCC)SC1CC(=O)N(c2ccc(Cl)cc2)C1=O. The lowest BCUT2D eigenvalue weighted by Gasteiger charge is -2.15. The number of amides is 2. The lowest BCUT2D eigenvalue weighted by Crippen LogP contribution is -2.32. The van der Waals surface area contributed by atoms with Crippen LogP contribution >= 0.6 is 23.4 Å². The minimum Gasteiger partial charge on any atom is -0.365 e. The van der Waals surface area contributed by atoms with E-state index in [1.807, 2.05) is 13.8 Å². The Morgan fingerprint density at radius 3 is 2.64 bits per heavy atom. The molecule has 0 radical (unpaired) electrons. The molecule has 1 atom stereocenters. The molecule has 1 N–H and O–H groups in total. The van der Waals surface area contributed by atoms with Crippen molar-refractivity contribution in [3.05, 3.63) is 29.3 Å². The standard InChI is InChI=1S/C15H18ClN3O2S/c1-3-17-15(18-4-2)22-12-9-13(20)19(14(12)21)11-7-5-10(16)6-8-11/h5-8,12H,3-4,9H2,1-2H3,(H,17,18). The normalized spacial score (nSPS) is 19.0. The number of nitrogens with one attached hydrogen (secondary N) is 1. The number of halogens is 1. The molecule has 1 saturated heterocycles. The summed E-state index contributed by atoms with van der Waals surface area (Å²) in [7, 11) is 0.